The smallest absolute Gasteiger partial charge is 0.234 e. The Bertz CT molecular complexity index is 1090. The molecule has 0 saturated carbocycles. The van der Waals surface area contributed by atoms with Crippen molar-refractivity contribution in [1.82, 2.24) is 14.6 Å². The van der Waals surface area contributed by atoms with Crippen molar-refractivity contribution in [2.24, 2.45) is 0 Å². The van der Waals surface area contributed by atoms with Crippen LogP contribution in [0.2, 0.25) is 5.02 Å². The van der Waals surface area contributed by atoms with Crippen molar-refractivity contribution < 1.29 is 4.79 Å². The summed E-state index contributed by atoms with van der Waals surface area (Å²) in [5, 5.41) is 12.6. The fraction of sp³-hybridized carbons (Fsp3) is 0.118. The van der Waals surface area contributed by atoms with Gasteiger partial charge >= 0.3 is 0 Å². The molecule has 2 aromatic heterocycles. The van der Waals surface area contributed by atoms with Crippen molar-refractivity contribution in [3.8, 4) is 0 Å². The highest BCUT2D eigenvalue weighted by molar-refractivity contribution is 7.99. The lowest BCUT2D eigenvalue weighted by Crippen LogP contribution is -2.15. The number of thioether (sulfide) groups is 1. The molecule has 0 unspecified atom stereocenters. The van der Waals surface area contributed by atoms with Gasteiger partial charge in [-0.25, -0.2) is 0 Å². The summed E-state index contributed by atoms with van der Waals surface area (Å²) in [5.74, 6) is 0.142. The summed E-state index contributed by atoms with van der Waals surface area (Å²) in [6.07, 6.45) is 0. The van der Waals surface area contributed by atoms with E-state index in [0.717, 1.165) is 26.4 Å². The molecule has 4 rings (SSSR count). The molecule has 5 nitrogen and oxygen atoms in total. The fourth-order valence-electron chi connectivity index (χ4n) is 2.51. The molecule has 0 saturated heterocycles. The van der Waals surface area contributed by atoms with Crippen LogP contribution >= 0.6 is 34.7 Å². The molecule has 25 heavy (non-hydrogen) atoms. The summed E-state index contributed by atoms with van der Waals surface area (Å²) in [7, 11) is 0. The third kappa shape index (κ3) is 3.10. The van der Waals surface area contributed by atoms with E-state index in [4.69, 9.17) is 11.6 Å². The standard InChI is InChI=1S/C17H13ClN4OS2/c1-10-11(18)5-4-6-12(10)19-15(23)9-24-16-20-21-17-22(16)13-7-2-3-8-14(13)25-17/h2-8H,9H2,1H3,(H,19,23). The number of para-hydroxylation sites is 1. The van der Waals surface area contributed by atoms with E-state index in [1.54, 1.807) is 17.4 Å². The van der Waals surface area contributed by atoms with Crippen LogP contribution in [0.25, 0.3) is 15.2 Å². The normalized spacial score (nSPS) is 11.3. The number of thiazole rings is 1. The topological polar surface area (TPSA) is 59.3 Å². The van der Waals surface area contributed by atoms with Gasteiger partial charge in [-0.05, 0) is 36.8 Å². The first-order valence-electron chi connectivity index (χ1n) is 7.54. The second-order valence-electron chi connectivity index (χ2n) is 5.42. The number of fused-ring (bicyclic) bond motifs is 3. The number of carbonyl (C=O) groups excluding carboxylic acids is 1. The molecule has 0 spiro atoms. The molecule has 8 heteroatoms. The first kappa shape index (κ1) is 16.4. The second kappa shape index (κ2) is 6.67. The molecule has 2 aromatic carbocycles. The van der Waals surface area contributed by atoms with Gasteiger partial charge in [-0.15, -0.1) is 10.2 Å². The number of anilines is 1. The largest absolute Gasteiger partial charge is 0.325 e. The van der Waals surface area contributed by atoms with Crippen LogP contribution in [0.3, 0.4) is 0 Å². The van der Waals surface area contributed by atoms with E-state index in [9.17, 15) is 4.79 Å². The van der Waals surface area contributed by atoms with Crippen molar-refractivity contribution >= 4 is 61.5 Å². The summed E-state index contributed by atoms with van der Waals surface area (Å²) in [4.78, 5) is 13.1. The van der Waals surface area contributed by atoms with Gasteiger partial charge in [-0.2, -0.15) is 0 Å². The molecule has 0 aliphatic rings. The van der Waals surface area contributed by atoms with Crippen LogP contribution < -0.4 is 5.32 Å². The molecule has 0 radical (unpaired) electrons. The number of halogens is 1. The number of benzene rings is 2. The molecule has 2 heterocycles. The zero-order valence-electron chi connectivity index (χ0n) is 13.2. The van der Waals surface area contributed by atoms with Crippen molar-refractivity contribution in [3.63, 3.8) is 0 Å². The minimum Gasteiger partial charge on any atom is -0.325 e. The van der Waals surface area contributed by atoms with Crippen molar-refractivity contribution in [2.45, 2.75) is 12.1 Å². The van der Waals surface area contributed by atoms with E-state index >= 15 is 0 Å². The van der Waals surface area contributed by atoms with E-state index in [2.05, 4.69) is 21.6 Å². The Morgan fingerprint density at radius 3 is 2.96 bits per heavy atom. The van der Waals surface area contributed by atoms with Crippen LogP contribution in [0, 0.1) is 6.92 Å². The van der Waals surface area contributed by atoms with Crippen molar-refractivity contribution in [1.29, 1.82) is 0 Å². The molecule has 126 valence electrons. The van der Waals surface area contributed by atoms with Gasteiger partial charge in [0, 0.05) is 10.7 Å². The quantitative estimate of drug-likeness (QED) is 0.517. The van der Waals surface area contributed by atoms with Gasteiger partial charge < -0.3 is 5.32 Å². The fourth-order valence-corrected chi connectivity index (χ4v) is 4.45. The predicted octanol–water partition coefficient (Wildman–Crippen LogP) is 4.64. The average Bonchev–Trinajstić information content (AvgIpc) is 3.16. The highest BCUT2D eigenvalue weighted by atomic mass is 35.5. The zero-order chi connectivity index (χ0) is 17.4. The molecule has 0 bridgehead atoms. The van der Waals surface area contributed by atoms with Crippen LogP contribution in [-0.2, 0) is 4.79 Å². The van der Waals surface area contributed by atoms with Crippen molar-refractivity contribution in [3.05, 3.63) is 53.1 Å². The predicted molar refractivity (Wildman–Crippen MR) is 104 cm³/mol. The lowest BCUT2D eigenvalue weighted by molar-refractivity contribution is -0.113. The van der Waals surface area contributed by atoms with Crippen LogP contribution in [-0.4, -0.2) is 26.3 Å². The Labute approximate surface area is 157 Å². The highest BCUT2D eigenvalue weighted by Crippen LogP contribution is 2.29. The van der Waals surface area contributed by atoms with Crippen LogP contribution in [0.4, 0.5) is 5.69 Å². The van der Waals surface area contributed by atoms with Crippen LogP contribution in [0.5, 0.6) is 0 Å². The maximum absolute atomic E-state index is 12.3. The third-order valence-electron chi connectivity index (χ3n) is 3.79. The van der Waals surface area contributed by atoms with E-state index < -0.39 is 0 Å². The molecule has 0 atom stereocenters. The molecule has 4 aromatic rings. The first-order valence-corrected chi connectivity index (χ1v) is 9.72. The number of carbonyl (C=O) groups is 1. The summed E-state index contributed by atoms with van der Waals surface area (Å²) < 4.78 is 3.14. The Balaban J connectivity index is 1.52. The summed E-state index contributed by atoms with van der Waals surface area (Å²) in [6.45, 7) is 1.88. The van der Waals surface area contributed by atoms with Crippen LogP contribution in [0.1, 0.15) is 5.56 Å². The van der Waals surface area contributed by atoms with E-state index in [1.807, 2.05) is 41.7 Å². The van der Waals surface area contributed by atoms with Gasteiger partial charge in [0.2, 0.25) is 10.9 Å². The molecule has 1 N–H and O–H groups in total. The van der Waals surface area contributed by atoms with Gasteiger partial charge in [-0.1, -0.05) is 52.9 Å². The summed E-state index contributed by atoms with van der Waals surface area (Å²) in [5.41, 5.74) is 2.64. The van der Waals surface area contributed by atoms with Crippen LogP contribution in [0.15, 0.2) is 47.6 Å². The van der Waals surface area contributed by atoms with E-state index in [-0.39, 0.29) is 11.7 Å². The molecular weight excluding hydrogens is 376 g/mol. The highest BCUT2D eigenvalue weighted by Gasteiger charge is 2.14. The van der Waals surface area contributed by atoms with E-state index in [0.29, 0.717) is 10.2 Å². The van der Waals surface area contributed by atoms with Gasteiger partial charge in [0.15, 0.2) is 5.16 Å². The molecule has 0 aliphatic heterocycles. The van der Waals surface area contributed by atoms with Gasteiger partial charge in [0.25, 0.3) is 0 Å². The Kier molecular flexibility index (Phi) is 4.37. The number of hydrogen-bond donors (Lipinski definition) is 1. The Morgan fingerprint density at radius 1 is 1.24 bits per heavy atom. The minimum atomic E-state index is -0.105. The Morgan fingerprint density at radius 2 is 2.08 bits per heavy atom. The molecular formula is C17H13ClN4OS2. The number of hydrogen-bond acceptors (Lipinski definition) is 5. The number of nitrogens with zero attached hydrogens (tertiary/aromatic N) is 3. The lowest BCUT2D eigenvalue weighted by Gasteiger charge is -2.08. The lowest BCUT2D eigenvalue weighted by atomic mass is 10.2. The van der Waals surface area contributed by atoms with Crippen molar-refractivity contribution in [2.75, 3.05) is 11.1 Å². The molecule has 0 aliphatic carbocycles. The van der Waals surface area contributed by atoms with E-state index in [1.165, 1.54) is 11.8 Å². The number of amides is 1. The number of aromatic nitrogens is 3. The monoisotopic (exact) mass is 388 g/mol. The first-order chi connectivity index (χ1) is 12.1. The minimum absolute atomic E-state index is 0.105. The molecule has 1 amide bonds. The Hall–Kier alpha value is -2.09. The SMILES string of the molecule is Cc1c(Cl)cccc1NC(=O)CSc1nnc2sc3ccccc3n12. The average molecular weight is 389 g/mol. The van der Waals surface area contributed by atoms with Gasteiger partial charge in [0.1, 0.15) is 0 Å². The number of rotatable bonds is 4. The third-order valence-corrected chi connectivity index (χ3v) is 6.14. The summed E-state index contributed by atoms with van der Waals surface area (Å²) >= 11 is 9.04. The summed E-state index contributed by atoms with van der Waals surface area (Å²) in [6, 6.07) is 13.5. The number of nitrogens with one attached hydrogen (secondary N) is 1. The molecule has 0 fully saturated rings. The maximum Gasteiger partial charge on any atom is 0.234 e. The maximum atomic E-state index is 12.3. The second-order valence-corrected chi connectivity index (χ2v) is 7.78. The van der Waals surface area contributed by atoms with Gasteiger partial charge in [0.05, 0.1) is 16.0 Å². The van der Waals surface area contributed by atoms with Gasteiger partial charge in [-0.3, -0.25) is 9.20 Å². The zero-order valence-corrected chi connectivity index (χ0v) is 15.6.